The number of hydrogen-bond acceptors (Lipinski definition) is 3. The molecule has 26 heavy (non-hydrogen) atoms. The molecule has 0 fully saturated rings. The molecular formula is C20H23BrN2O3. The van der Waals surface area contributed by atoms with E-state index in [9.17, 15) is 9.59 Å². The standard InChI is InChI=1S/C20H23BrN2O3/c1-13(16-7-5-6-8-17(16)21)22-18(24)14-9-11-15(12-10-14)23-19(25)26-20(2,3)4/h5-13H,1-4H3,(H,22,24)(H,23,25)/t13-/m1/s1. The van der Waals surface area contributed by atoms with Crippen molar-refractivity contribution in [2.24, 2.45) is 0 Å². The maximum Gasteiger partial charge on any atom is 0.412 e. The van der Waals surface area contributed by atoms with E-state index in [0.29, 0.717) is 11.3 Å². The fraction of sp³-hybridized carbons (Fsp3) is 0.300. The Morgan fingerprint density at radius 2 is 1.65 bits per heavy atom. The van der Waals surface area contributed by atoms with E-state index in [1.807, 2.05) is 31.2 Å². The van der Waals surface area contributed by atoms with E-state index in [-0.39, 0.29) is 11.9 Å². The monoisotopic (exact) mass is 418 g/mol. The summed E-state index contributed by atoms with van der Waals surface area (Å²) in [6, 6.07) is 14.3. The van der Waals surface area contributed by atoms with Gasteiger partial charge in [-0.3, -0.25) is 10.1 Å². The van der Waals surface area contributed by atoms with Crippen LogP contribution in [0.3, 0.4) is 0 Å². The maximum atomic E-state index is 12.4. The van der Waals surface area contributed by atoms with E-state index in [4.69, 9.17) is 4.74 Å². The molecular weight excluding hydrogens is 396 g/mol. The molecule has 2 N–H and O–H groups in total. The Balaban J connectivity index is 1.98. The van der Waals surface area contributed by atoms with Crippen molar-refractivity contribution >= 4 is 33.6 Å². The third-order valence-electron chi connectivity index (χ3n) is 3.51. The molecule has 0 aromatic heterocycles. The van der Waals surface area contributed by atoms with Crippen LogP contribution in [0.5, 0.6) is 0 Å². The lowest BCUT2D eigenvalue weighted by molar-refractivity contribution is 0.0635. The predicted molar refractivity (Wildman–Crippen MR) is 106 cm³/mol. The van der Waals surface area contributed by atoms with E-state index in [0.717, 1.165) is 10.0 Å². The number of benzene rings is 2. The van der Waals surface area contributed by atoms with Crippen molar-refractivity contribution in [3.05, 3.63) is 64.1 Å². The first kappa shape index (κ1) is 20.0. The van der Waals surface area contributed by atoms with Gasteiger partial charge in [0.2, 0.25) is 0 Å². The Labute approximate surface area is 162 Å². The minimum absolute atomic E-state index is 0.141. The zero-order valence-corrected chi connectivity index (χ0v) is 16.9. The molecule has 138 valence electrons. The van der Waals surface area contributed by atoms with Crippen LogP contribution >= 0.6 is 15.9 Å². The highest BCUT2D eigenvalue weighted by molar-refractivity contribution is 9.10. The molecule has 0 aliphatic heterocycles. The summed E-state index contributed by atoms with van der Waals surface area (Å²) < 4.78 is 6.15. The van der Waals surface area contributed by atoms with Crippen LogP contribution in [0.4, 0.5) is 10.5 Å². The molecule has 0 unspecified atom stereocenters. The molecule has 2 aromatic rings. The van der Waals surface area contributed by atoms with Gasteiger partial charge in [-0.25, -0.2) is 4.79 Å². The highest BCUT2D eigenvalue weighted by atomic mass is 79.9. The summed E-state index contributed by atoms with van der Waals surface area (Å²) in [7, 11) is 0. The molecule has 0 heterocycles. The van der Waals surface area contributed by atoms with Crippen LogP contribution in [0.1, 0.15) is 49.7 Å². The second-order valence-electron chi connectivity index (χ2n) is 6.92. The van der Waals surface area contributed by atoms with Gasteiger partial charge in [0, 0.05) is 15.7 Å². The number of nitrogens with one attached hydrogen (secondary N) is 2. The molecule has 0 aliphatic carbocycles. The largest absolute Gasteiger partial charge is 0.444 e. The topological polar surface area (TPSA) is 67.4 Å². The van der Waals surface area contributed by atoms with Gasteiger partial charge in [0.25, 0.3) is 5.91 Å². The van der Waals surface area contributed by atoms with Crippen molar-refractivity contribution in [2.75, 3.05) is 5.32 Å². The van der Waals surface area contributed by atoms with Crippen molar-refractivity contribution in [1.29, 1.82) is 0 Å². The molecule has 0 spiro atoms. The molecule has 0 saturated heterocycles. The van der Waals surface area contributed by atoms with Gasteiger partial charge < -0.3 is 10.1 Å². The van der Waals surface area contributed by atoms with E-state index < -0.39 is 11.7 Å². The first-order valence-electron chi connectivity index (χ1n) is 8.31. The van der Waals surface area contributed by atoms with E-state index in [1.165, 1.54) is 0 Å². The number of hydrogen-bond donors (Lipinski definition) is 2. The van der Waals surface area contributed by atoms with Crippen LogP contribution in [0.25, 0.3) is 0 Å². The quantitative estimate of drug-likeness (QED) is 0.708. The van der Waals surface area contributed by atoms with Crippen molar-refractivity contribution in [3.63, 3.8) is 0 Å². The molecule has 0 saturated carbocycles. The summed E-state index contributed by atoms with van der Waals surface area (Å²) in [5, 5.41) is 5.60. The molecule has 6 heteroatoms. The van der Waals surface area contributed by atoms with Crippen LogP contribution in [-0.4, -0.2) is 17.6 Å². The second-order valence-corrected chi connectivity index (χ2v) is 7.78. The summed E-state index contributed by atoms with van der Waals surface area (Å²) in [5.74, 6) is -0.183. The molecule has 2 amide bonds. The van der Waals surface area contributed by atoms with Crippen molar-refractivity contribution in [2.45, 2.75) is 39.3 Å². The number of carbonyl (C=O) groups is 2. The highest BCUT2D eigenvalue weighted by Crippen LogP contribution is 2.23. The van der Waals surface area contributed by atoms with Gasteiger partial charge in [0.15, 0.2) is 0 Å². The summed E-state index contributed by atoms with van der Waals surface area (Å²) in [4.78, 5) is 24.2. The smallest absolute Gasteiger partial charge is 0.412 e. The first-order valence-corrected chi connectivity index (χ1v) is 9.10. The number of halogens is 1. The Kier molecular flexibility index (Phi) is 6.42. The predicted octanol–water partition coefficient (Wildman–Crippen LogP) is 5.29. The molecule has 2 aromatic carbocycles. The van der Waals surface area contributed by atoms with Crippen LogP contribution in [0, 0.1) is 0 Å². The zero-order valence-electron chi connectivity index (χ0n) is 15.3. The van der Waals surface area contributed by atoms with Crippen LogP contribution < -0.4 is 10.6 Å². The van der Waals surface area contributed by atoms with Crippen LogP contribution in [-0.2, 0) is 4.74 Å². The fourth-order valence-electron chi connectivity index (χ4n) is 2.31. The third-order valence-corrected chi connectivity index (χ3v) is 4.23. The van der Waals surface area contributed by atoms with Crippen molar-refractivity contribution in [3.8, 4) is 0 Å². The van der Waals surface area contributed by atoms with E-state index in [1.54, 1.807) is 45.0 Å². The molecule has 0 radical (unpaired) electrons. The minimum atomic E-state index is -0.564. The van der Waals surface area contributed by atoms with Gasteiger partial charge in [-0.2, -0.15) is 0 Å². The summed E-state index contributed by atoms with van der Waals surface area (Å²) in [5.41, 5.74) is 1.52. The van der Waals surface area contributed by atoms with Crippen LogP contribution in [0.2, 0.25) is 0 Å². The van der Waals surface area contributed by atoms with Gasteiger partial charge in [-0.15, -0.1) is 0 Å². The Morgan fingerprint density at radius 1 is 1.04 bits per heavy atom. The average molecular weight is 419 g/mol. The molecule has 1 atom stereocenters. The zero-order chi connectivity index (χ0) is 19.3. The van der Waals surface area contributed by atoms with Gasteiger partial charge in [-0.1, -0.05) is 34.1 Å². The summed E-state index contributed by atoms with van der Waals surface area (Å²) in [6.45, 7) is 7.32. The number of anilines is 1. The Morgan fingerprint density at radius 3 is 2.23 bits per heavy atom. The Bertz CT molecular complexity index is 782. The molecule has 0 aliphatic rings. The van der Waals surface area contributed by atoms with Crippen molar-refractivity contribution < 1.29 is 14.3 Å². The normalized spacial score (nSPS) is 12.2. The van der Waals surface area contributed by atoms with E-state index in [2.05, 4.69) is 26.6 Å². The van der Waals surface area contributed by atoms with Gasteiger partial charge >= 0.3 is 6.09 Å². The summed E-state index contributed by atoms with van der Waals surface area (Å²) >= 11 is 3.49. The van der Waals surface area contributed by atoms with Crippen molar-refractivity contribution in [1.82, 2.24) is 5.32 Å². The molecule has 5 nitrogen and oxygen atoms in total. The number of rotatable bonds is 4. The van der Waals surface area contributed by atoms with E-state index >= 15 is 0 Å². The van der Waals surface area contributed by atoms with Gasteiger partial charge in [0.05, 0.1) is 6.04 Å². The lowest BCUT2D eigenvalue weighted by Gasteiger charge is -2.19. The molecule has 0 bridgehead atoms. The molecule has 2 rings (SSSR count). The number of amides is 2. The highest BCUT2D eigenvalue weighted by Gasteiger charge is 2.17. The van der Waals surface area contributed by atoms with Gasteiger partial charge in [0.1, 0.15) is 5.60 Å². The SMILES string of the molecule is C[C@@H](NC(=O)c1ccc(NC(=O)OC(C)(C)C)cc1)c1ccccc1Br. The number of ether oxygens (including phenoxy) is 1. The minimum Gasteiger partial charge on any atom is -0.444 e. The van der Waals surface area contributed by atoms with Gasteiger partial charge in [-0.05, 0) is 63.6 Å². The number of carbonyl (C=O) groups excluding carboxylic acids is 2. The van der Waals surface area contributed by atoms with Crippen LogP contribution in [0.15, 0.2) is 53.0 Å². The second kappa shape index (κ2) is 8.36. The Hall–Kier alpha value is -2.34. The third kappa shape index (κ3) is 5.88. The average Bonchev–Trinajstić information content (AvgIpc) is 2.53. The lowest BCUT2D eigenvalue weighted by atomic mass is 10.1. The first-order chi connectivity index (χ1) is 12.2. The maximum absolute atomic E-state index is 12.4. The summed E-state index contributed by atoms with van der Waals surface area (Å²) in [6.07, 6.45) is -0.530. The fourth-order valence-corrected chi connectivity index (χ4v) is 2.94. The lowest BCUT2D eigenvalue weighted by Crippen LogP contribution is -2.27.